The topological polar surface area (TPSA) is 72.2 Å². The van der Waals surface area contributed by atoms with E-state index in [4.69, 9.17) is 5.73 Å². The first-order valence-corrected chi connectivity index (χ1v) is 8.09. The molecule has 3 N–H and O–H groups in total. The van der Waals surface area contributed by atoms with Gasteiger partial charge in [0.25, 0.3) is 0 Å². The summed E-state index contributed by atoms with van der Waals surface area (Å²) in [7, 11) is -3.33. The lowest BCUT2D eigenvalue weighted by molar-refractivity contribution is 0.490. The second-order valence-corrected chi connectivity index (χ2v) is 8.60. The van der Waals surface area contributed by atoms with Crippen molar-refractivity contribution in [1.29, 1.82) is 0 Å². The van der Waals surface area contributed by atoms with Crippen LogP contribution in [0.4, 0.5) is 5.69 Å². The molecular formula is C14H22N2O2S. The highest BCUT2D eigenvalue weighted by Gasteiger charge is 2.33. The van der Waals surface area contributed by atoms with Crippen molar-refractivity contribution in [3.8, 4) is 0 Å². The molecule has 1 atom stereocenters. The minimum Gasteiger partial charge on any atom is -0.399 e. The molecule has 1 aliphatic carbocycles. The van der Waals surface area contributed by atoms with Gasteiger partial charge in [0.2, 0.25) is 10.0 Å². The summed E-state index contributed by atoms with van der Waals surface area (Å²) in [4.78, 5) is 0. The van der Waals surface area contributed by atoms with Crippen LogP contribution in [0.3, 0.4) is 0 Å². The number of hydrogen-bond donors (Lipinski definition) is 2. The Morgan fingerprint density at radius 3 is 2.63 bits per heavy atom. The molecule has 0 bridgehead atoms. The standard InChI is InChI=1S/C14H22N2O2S/c1-14(2,3)19(17,18)16-13-6-4-5-10-9-11(15)7-8-12(10)13/h7-9,13,16H,4-6,15H2,1-3H3. The summed E-state index contributed by atoms with van der Waals surface area (Å²) in [6.45, 7) is 5.13. The third kappa shape index (κ3) is 2.92. The van der Waals surface area contributed by atoms with E-state index in [1.807, 2.05) is 18.2 Å². The SMILES string of the molecule is CC(C)(C)S(=O)(=O)NC1CCCc2cc(N)ccc21. The molecular weight excluding hydrogens is 260 g/mol. The van der Waals surface area contributed by atoms with Crippen LogP contribution in [0.1, 0.15) is 50.8 Å². The van der Waals surface area contributed by atoms with Crippen LogP contribution in [0, 0.1) is 0 Å². The van der Waals surface area contributed by atoms with Crippen LogP contribution in [0.25, 0.3) is 0 Å². The fourth-order valence-electron chi connectivity index (χ4n) is 2.32. The van der Waals surface area contributed by atoms with E-state index in [-0.39, 0.29) is 6.04 Å². The van der Waals surface area contributed by atoms with E-state index in [0.717, 1.165) is 36.1 Å². The molecule has 4 nitrogen and oxygen atoms in total. The number of sulfonamides is 1. The van der Waals surface area contributed by atoms with Crippen molar-refractivity contribution in [2.45, 2.75) is 50.8 Å². The Morgan fingerprint density at radius 2 is 2.00 bits per heavy atom. The third-order valence-corrected chi connectivity index (χ3v) is 5.79. The quantitative estimate of drug-likeness (QED) is 0.818. The molecule has 1 aromatic carbocycles. The van der Waals surface area contributed by atoms with Gasteiger partial charge >= 0.3 is 0 Å². The average Bonchev–Trinajstić information content (AvgIpc) is 2.26. The van der Waals surface area contributed by atoms with Crippen LogP contribution in [-0.2, 0) is 16.4 Å². The Hall–Kier alpha value is -1.07. The fraction of sp³-hybridized carbons (Fsp3) is 0.571. The molecule has 19 heavy (non-hydrogen) atoms. The molecule has 1 aromatic rings. The molecule has 2 rings (SSSR count). The largest absolute Gasteiger partial charge is 0.399 e. The van der Waals surface area contributed by atoms with E-state index < -0.39 is 14.8 Å². The lowest BCUT2D eigenvalue weighted by atomic mass is 9.88. The van der Waals surface area contributed by atoms with Crippen molar-refractivity contribution >= 4 is 15.7 Å². The van der Waals surface area contributed by atoms with Gasteiger partial charge < -0.3 is 5.73 Å². The summed E-state index contributed by atoms with van der Waals surface area (Å²) >= 11 is 0. The van der Waals surface area contributed by atoms with E-state index in [1.54, 1.807) is 20.8 Å². The highest BCUT2D eigenvalue weighted by Crippen LogP contribution is 2.32. The maximum absolute atomic E-state index is 12.3. The molecule has 1 aliphatic rings. The Balaban J connectivity index is 2.31. The van der Waals surface area contributed by atoms with E-state index in [2.05, 4.69) is 4.72 Å². The predicted octanol–water partition coefficient (Wildman–Crippen LogP) is 2.36. The summed E-state index contributed by atoms with van der Waals surface area (Å²) < 4.78 is 26.6. The van der Waals surface area contributed by atoms with Crippen LogP contribution >= 0.6 is 0 Å². The highest BCUT2D eigenvalue weighted by atomic mass is 32.2. The molecule has 0 saturated carbocycles. The maximum Gasteiger partial charge on any atom is 0.217 e. The van der Waals surface area contributed by atoms with Crippen LogP contribution < -0.4 is 10.5 Å². The first-order chi connectivity index (χ1) is 8.71. The lowest BCUT2D eigenvalue weighted by Crippen LogP contribution is -2.42. The molecule has 0 heterocycles. The number of rotatable bonds is 2. The van der Waals surface area contributed by atoms with E-state index in [0.29, 0.717) is 0 Å². The lowest BCUT2D eigenvalue weighted by Gasteiger charge is -2.29. The molecule has 0 radical (unpaired) electrons. The van der Waals surface area contributed by atoms with Crippen LogP contribution in [-0.4, -0.2) is 13.2 Å². The van der Waals surface area contributed by atoms with Crippen LogP contribution in [0.2, 0.25) is 0 Å². The summed E-state index contributed by atoms with van der Waals surface area (Å²) in [5.41, 5.74) is 8.74. The minimum absolute atomic E-state index is 0.131. The molecule has 5 heteroatoms. The molecule has 0 saturated heterocycles. The monoisotopic (exact) mass is 282 g/mol. The van der Waals surface area contributed by atoms with Gasteiger partial charge in [0.05, 0.1) is 4.75 Å². The van der Waals surface area contributed by atoms with Gasteiger partial charge in [-0.05, 0) is 63.3 Å². The average molecular weight is 282 g/mol. The first-order valence-electron chi connectivity index (χ1n) is 6.61. The molecule has 1 unspecified atom stereocenters. The summed E-state index contributed by atoms with van der Waals surface area (Å²) in [5, 5.41) is 0. The molecule has 0 aromatic heterocycles. The Labute approximate surface area is 115 Å². The number of aryl methyl sites for hydroxylation is 1. The number of nitrogens with two attached hydrogens (primary N) is 1. The van der Waals surface area contributed by atoms with E-state index in [1.165, 1.54) is 0 Å². The second kappa shape index (κ2) is 4.80. The first kappa shape index (κ1) is 14.3. The van der Waals surface area contributed by atoms with Gasteiger partial charge in [-0.1, -0.05) is 6.07 Å². The fourth-order valence-corrected chi connectivity index (χ4v) is 3.29. The van der Waals surface area contributed by atoms with Crippen LogP contribution in [0.5, 0.6) is 0 Å². The van der Waals surface area contributed by atoms with Crippen molar-refractivity contribution in [3.05, 3.63) is 29.3 Å². The number of benzene rings is 1. The third-order valence-electron chi connectivity index (χ3n) is 3.58. The normalized spacial score (nSPS) is 20.1. The van der Waals surface area contributed by atoms with Gasteiger partial charge in [-0.25, -0.2) is 13.1 Å². The van der Waals surface area contributed by atoms with Gasteiger partial charge in [-0.2, -0.15) is 0 Å². The zero-order chi connectivity index (χ0) is 14.3. The number of anilines is 1. The number of nitrogens with one attached hydrogen (secondary N) is 1. The summed E-state index contributed by atoms with van der Waals surface area (Å²) in [5.74, 6) is 0. The number of hydrogen-bond acceptors (Lipinski definition) is 3. The van der Waals surface area contributed by atoms with E-state index >= 15 is 0 Å². The molecule has 0 fully saturated rings. The van der Waals surface area contributed by atoms with Gasteiger partial charge in [0, 0.05) is 11.7 Å². The molecule has 0 spiro atoms. The summed E-state index contributed by atoms with van der Waals surface area (Å²) in [6, 6.07) is 5.60. The highest BCUT2D eigenvalue weighted by molar-refractivity contribution is 7.90. The van der Waals surface area contributed by atoms with Gasteiger partial charge in [0.15, 0.2) is 0 Å². The van der Waals surface area contributed by atoms with Gasteiger partial charge in [0.1, 0.15) is 0 Å². The van der Waals surface area contributed by atoms with Gasteiger partial charge in [-0.15, -0.1) is 0 Å². The van der Waals surface area contributed by atoms with E-state index in [9.17, 15) is 8.42 Å². The zero-order valence-corrected chi connectivity index (χ0v) is 12.5. The minimum atomic E-state index is -3.33. The van der Waals surface area contributed by atoms with Crippen molar-refractivity contribution in [2.75, 3.05) is 5.73 Å². The number of nitrogen functional groups attached to an aromatic ring is 1. The zero-order valence-electron chi connectivity index (χ0n) is 11.7. The second-order valence-electron chi connectivity index (χ2n) is 6.14. The van der Waals surface area contributed by atoms with Crippen molar-refractivity contribution in [2.24, 2.45) is 0 Å². The van der Waals surface area contributed by atoms with Crippen molar-refractivity contribution in [3.63, 3.8) is 0 Å². The summed E-state index contributed by atoms with van der Waals surface area (Å²) in [6.07, 6.45) is 2.79. The Bertz CT molecular complexity index is 574. The van der Waals surface area contributed by atoms with Crippen LogP contribution in [0.15, 0.2) is 18.2 Å². The van der Waals surface area contributed by atoms with Crippen molar-refractivity contribution in [1.82, 2.24) is 4.72 Å². The van der Waals surface area contributed by atoms with Crippen molar-refractivity contribution < 1.29 is 8.42 Å². The number of fused-ring (bicyclic) bond motifs is 1. The molecule has 106 valence electrons. The molecule has 0 aliphatic heterocycles. The predicted molar refractivity (Wildman–Crippen MR) is 78.3 cm³/mol. The smallest absolute Gasteiger partial charge is 0.217 e. The van der Waals surface area contributed by atoms with Gasteiger partial charge in [-0.3, -0.25) is 0 Å². The Morgan fingerprint density at radius 1 is 1.32 bits per heavy atom. The molecule has 0 amide bonds. The maximum atomic E-state index is 12.3. The Kier molecular flexibility index (Phi) is 3.62.